The highest BCUT2D eigenvalue weighted by Crippen LogP contribution is 2.15. The topological polar surface area (TPSA) is 99.8 Å². The van der Waals surface area contributed by atoms with E-state index in [1.165, 1.54) is 12.4 Å². The van der Waals surface area contributed by atoms with Crippen molar-refractivity contribution in [2.45, 2.75) is 24.9 Å². The molecule has 0 aliphatic carbocycles. The van der Waals surface area contributed by atoms with Crippen molar-refractivity contribution in [1.82, 2.24) is 20.5 Å². The Morgan fingerprint density at radius 3 is 2.90 bits per heavy atom. The van der Waals surface area contributed by atoms with Crippen LogP contribution in [-0.4, -0.2) is 30.1 Å². The molecule has 0 aromatic carbocycles. The highest BCUT2D eigenvalue weighted by atomic mass is 32.2. The number of anilines is 1. The van der Waals surface area contributed by atoms with E-state index in [0.717, 1.165) is 13.0 Å². The molecule has 8 heteroatoms. The Bertz CT molecular complexity index is 639. The van der Waals surface area contributed by atoms with Gasteiger partial charge in [0.05, 0.1) is 6.20 Å². The summed E-state index contributed by atoms with van der Waals surface area (Å²) in [6.07, 6.45) is 4.01. The third kappa shape index (κ3) is 3.55. The first-order chi connectivity index (χ1) is 9.63. The van der Waals surface area contributed by atoms with Gasteiger partial charge in [-0.05, 0) is 25.1 Å². The number of H-pyrrole nitrogens is 1. The molecule has 0 amide bonds. The zero-order valence-electron chi connectivity index (χ0n) is 11.1. The molecule has 0 atom stereocenters. The number of nitrogens with zero attached hydrogens (tertiary/aromatic N) is 2. The fourth-order valence-corrected chi connectivity index (χ4v) is 2.81. The molecule has 0 aliphatic heterocycles. The van der Waals surface area contributed by atoms with E-state index in [9.17, 15) is 8.42 Å². The van der Waals surface area contributed by atoms with E-state index >= 15 is 0 Å². The average molecular weight is 295 g/mol. The molecule has 20 heavy (non-hydrogen) atoms. The second-order valence-electron chi connectivity index (χ2n) is 4.22. The quantitative estimate of drug-likeness (QED) is 0.664. The molecule has 2 aromatic rings. The largest absolute Gasteiger partial charge is 0.313 e. The van der Waals surface area contributed by atoms with Crippen LogP contribution in [0.4, 0.5) is 5.82 Å². The standard InChI is InChI=1S/C12H17N5O2S/c1-2-6-13-8-10-9-15-16-12(10)20(18,19)17-11-5-3-4-7-14-11/h3-5,7,9,13H,2,6,8H2,1H3,(H,14,17)(H,15,16). The minimum Gasteiger partial charge on any atom is -0.313 e. The summed E-state index contributed by atoms with van der Waals surface area (Å²) in [5, 5.41) is 9.54. The van der Waals surface area contributed by atoms with Gasteiger partial charge in [-0.15, -0.1) is 0 Å². The van der Waals surface area contributed by atoms with Crippen LogP contribution in [0.15, 0.2) is 35.6 Å². The second-order valence-corrected chi connectivity index (χ2v) is 5.84. The third-order valence-corrected chi connectivity index (χ3v) is 3.96. The van der Waals surface area contributed by atoms with E-state index in [1.807, 2.05) is 6.92 Å². The summed E-state index contributed by atoms with van der Waals surface area (Å²) >= 11 is 0. The number of hydrogen-bond acceptors (Lipinski definition) is 5. The molecular formula is C12H17N5O2S. The molecule has 0 aliphatic rings. The maximum atomic E-state index is 12.3. The van der Waals surface area contributed by atoms with Crippen LogP contribution in [0.3, 0.4) is 0 Å². The lowest BCUT2D eigenvalue weighted by atomic mass is 10.3. The predicted molar refractivity (Wildman–Crippen MR) is 75.6 cm³/mol. The van der Waals surface area contributed by atoms with E-state index in [2.05, 4.69) is 25.2 Å². The molecular weight excluding hydrogens is 278 g/mol. The van der Waals surface area contributed by atoms with Gasteiger partial charge in [-0.3, -0.25) is 9.82 Å². The molecule has 108 valence electrons. The Labute approximate surface area is 117 Å². The minimum absolute atomic E-state index is 0.0618. The maximum absolute atomic E-state index is 12.3. The van der Waals surface area contributed by atoms with Crippen LogP contribution in [0, 0.1) is 0 Å². The van der Waals surface area contributed by atoms with Gasteiger partial charge in [0.1, 0.15) is 5.82 Å². The van der Waals surface area contributed by atoms with Crippen molar-refractivity contribution in [3.63, 3.8) is 0 Å². The van der Waals surface area contributed by atoms with Gasteiger partial charge in [-0.2, -0.15) is 13.5 Å². The number of nitrogens with one attached hydrogen (secondary N) is 3. The molecule has 0 fully saturated rings. The van der Waals surface area contributed by atoms with Gasteiger partial charge in [0, 0.05) is 18.3 Å². The number of aromatic amines is 1. The Morgan fingerprint density at radius 2 is 2.20 bits per heavy atom. The lowest BCUT2D eigenvalue weighted by Crippen LogP contribution is -2.19. The Morgan fingerprint density at radius 1 is 1.35 bits per heavy atom. The second kappa shape index (κ2) is 6.49. The smallest absolute Gasteiger partial charge is 0.280 e. The SMILES string of the molecule is CCCNCc1cn[nH]c1S(=O)(=O)Nc1ccccn1. The van der Waals surface area contributed by atoms with E-state index in [4.69, 9.17) is 0 Å². The van der Waals surface area contributed by atoms with Gasteiger partial charge in [-0.25, -0.2) is 4.98 Å². The summed E-state index contributed by atoms with van der Waals surface area (Å²) in [5.74, 6) is 0.273. The molecule has 7 nitrogen and oxygen atoms in total. The highest BCUT2D eigenvalue weighted by Gasteiger charge is 2.21. The van der Waals surface area contributed by atoms with Gasteiger partial charge in [-0.1, -0.05) is 13.0 Å². The summed E-state index contributed by atoms with van der Waals surface area (Å²) in [5.41, 5.74) is 0.599. The van der Waals surface area contributed by atoms with Crippen LogP contribution in [0.2, 0.25) is 0 Å². The van der Waals surface area contributed by atoms with Gasteiger partial charge in [0.2, 0.25) is 0 Å². The molecule has 0 saturated carbocycles. The summed E-state index contributed by atoms with van der Waals surface area (Å²) < 4.78 is 26.9. The molecule has 2 aromatic heterocycles. The fraction of sp³-hybridized carbons (Fsp3) is 0.333. The molecule has 0 spiro atoms. The molecule has 0 saturated heterocycles. The van der Waals surface area contributed by atoms with Crippen molar-refractivity contribution >= 4 is 15.8 Å². The minimum atomic E-state index is -3.71. The van der Waals surface area contributed by atoms with Crippen LogP contribution in [0.25, 0.3) is 0 Å². The molecule has 3 N–H and O–H groups in total. The fourth-order valence-electron chi connectivity index (χ4n) is 1.67. The zero-order chi connectivity index (χ0) is 14.4. The number of pyridine rings is 1. The number of rotatable bonds is 7. The lowest BCUT2D eigenvalue weighted by molar-refractivity contribution is 0.593. The first-order valence-electron chi connectivity index (χ1n) is 6.30. The van der Waals surface area contributed by atoms with Crippen LogP contribution < -0.4 is 10.0 Å². The van der Waals surface area contributed by atoms with Gasteiger partial charge in [0.25, 0.3) is 10.0 Å². The van der Waals surface area contributed by atoms with Crippen LogP contribution in [-0.2, 0) is 16.6 Å². The first-order valence-corrected chi connectivity index (χ1v) is 7.78. The molecule has 0 radical (unpaired) electrons. The molecule has 2 rings (SSSR count). The summed E-state index contributed by atoms with van der Waals surface area (Å²) in [6, 6.07) is 5.01. The van der Waals surface area contributed by atoms with Crippen LogP contribution in [0.5, 0.6) is 0 Å². The summed E-state index contributed by atoms with van der Waals surface area (Å²) in [4.78, 5) is 3.94. The summed E-state index contributed by atoms with van der Waals surface area (Å²) in [6.45, 7) is 3.31. The molecule has 2 heterocycles. The van der Waals surface area contributed by atoms with Crippen molar-refractivity contribution < 1.29 is 8.42 Å². The van der Waals surface area contributed by atoms with Crippen molar-refractivity contribution in [2.75, 3.05) is 11.3 Å². The van der Waals surface area contributed by atoms with Gasteiger partial charge in [0.15, 0.2) is 5.03 Å². The van der Waals surface area contributed by atoms with Crippen LogP contribution >= 0.6 is 0 Å². The predicted octanol–water partition coefficient (Wildman–Crippen LogP) is 1.11. The van der Waals surface area contributed by atoms with Crippen LogP contribution in [0.1, 0.15) is 18.9 Å². The first kappa shape index (κ1) is 14.5. The molecule has 0 bridgehead atoms. The van der Waals surface area contributed by atoms with E-state index in [0.29, 0.717) is 12.1 Å². The summed E-state index contributed by atoms with van der Waals surface area (Å²) in [7, 11) is -3.71. The normalized spacial score (nSPS) is 11.4. The van der Waals surface area contributed by atoms with Crippen molar-refractivity contribution in [1.29, 1.82) is 0 Å². The van der Waals surface area contributed by atoms with E-state index < -0.39 is 10.0 Å². The number of sulfonamides is 1. The van der Waals surface area contributed by atoms with Crippen molar-refractivity contribution in [3.05, 3.63) is 36.2 Å². The molecule has 0 unspecified atom stereocenters. The number of aromatic nitrogens is 3. The average Bonchev–Trinajstić information content (AvgIpc) is 2.89. The van der Waals surface area contributed by atoms with Gasteiger partial charge >= 0.3 is 0 Å². The van der Waals surface area contributed by atoms with Crippen molar-refractivity contribution in [2.24, 2.45) is 0 Å². The lowest BCUT2D eigenvalue weighted by Gasteiger charge is -2.07. The van der Waals surface area contributed by atoms with E-state index in [-0.39, 0.29) is 10.8 Å². The Balaban J connectivity index is 2.15. The Hall–Kier alpha value is -1.93. The van der Waals surface area contributed by atoms with E-state index in [1.54, 1.807) is 18.2 Å². The number of hydrogen-bond donors (Lipinski definition) is 3. The third-order valence-electron chi connectivity index (χ3n) is 2.59. The van der Waals surface area contributed by atoms with Gasteiger partial charge < -0.3 is 5.32 Å². The highest BCUT2D eigenvalue weighted by molar-refractivity contribution is 7.92. The Kier molecular flexibility index (Phi) is 4.70. The van der Waals surface area contributed by atoms with Crippen molar-refractivity contribution in [3.8, 4) is 0 Å². The maximum Gasteiger partial charge on any atom is 0.280 e. The zero-order valence-corrected chi connectivity index (χ0v) is 11.9. The monoisotopic (exact) mass is 295 g/mol.